The van der Waals surface area contributed by atoms with Crippen molar-refractivity contribution in [1.29, 1.82) is 0 Å². The molecule has 0 unspecified atom stereocenters. The number of hydrogen-bond acceptors (Lipinski definition) is 5. The fourth-order valence-corrected chi connectivity index (χ4v) is 3.68. The van der Waals surface area contributed by atoms with Gasteiger partial charge in [0.1, 0.15) is 5.56 Å². The van der Waals surface area contributed by atoms with Gasteiger partial charge in [-0.15, -0.1) is 0 Å². The molecule has 0 aliphatic carbocycles. The van der Waals surface area contributed by atoms with E-state index < -0.39 is 5.56 Å². The van der Waals surface area contributed by atoms with Gasteiger partial charge in [0.05, 0.1) is 23.3 Å². The van der Waals surface area contributed by atoms with Gasteiger partial charge >= 0.3 is 0 Å². The fraction of sp³-hybridized carbons (Fsp3) is 0. The number of aromatic nitrogens is 2. The molecule has 2 N–H and O–H groups in total. The monoisotopic (exact) mass is 482 g/mol. The van der Waals surface area contributed by atoms with Crippen LogP contribution in [0.2, 0.25) is 10.0 Å². The highest BCUT2D eigenvalue weighted by molar-refractivity contribution is 7.71. The maximum Gasteiger partial charge on any atom is 0.271 e. The number of anilines is 1. The summed E-state index contributed by atoms with van der Waals surface area (Å²) >= 11 is 17.6. The summed E-state index contributed by atoms with van der Waals surface area (Å²) in [6.45, 7) is 0. The van der Waals surface area contributed by atoms with Crippen LogP contribution in [0.5, 0.6) is 5.88 Å². The fourth-order valence-electron chi connectivity index (χ4n) is 3.05. The number of aromatic hydroxyl groups is 1. The maximum atomic E-state index is 13.3. The molecule has 0 spiro atoms. The van der Waals surface area contributed by atoms with Gasteiger partial charge in [-0.1, -0.05) is 41.4 Å². The highest BCUT2D eigenvalue weighted by Crippen LogP contribution is 2.23. The second kappa shape index (κ2) is 9.40. The largest absolute Gasteiger partial charge is 0.494 e. The number of rotatable bonds is 5. The van der Waals surface area contributed by atoms with E-state index in [-0.39, 0.29) is 16.2 Å². The molecule has 3 aromatic carbocycles. The van der Waals surface area contributed by atoms with Gasteiger partial charge in [-0.3, -0.25) is 19.4 Å². The van der Waals surface area contributed by atoms with Crippen LogP contribution in [0.4, 0.5) is 5.69 Å². The summed E-state index contributed by atoms with van der Waals surface area (Å²) in [4.78, 5) is 13.3. The first-order valence-corrected chi connectivity index (χ1v) is 10.6. The van der Waals surface area contributed by atoms with Crippen LogP contribution in [-0.4, -0.2) is 20.5 Å². The van der Waals surface area contributed by atoms with Crippen molar-refractivity contribution in [2.24, 2.45) is 5.10 Å². The second-order valence-corrected chi connectivity index (χ2v) is 7.92. The summed E-state index contributed by atoms with van der Waals surface area (Å²) in [5.74, 6) is -0.342. The van der Waals surface area contributed by atoms with Gasteiger partial charge in [-0.25, -0.2) is 0 Å². The van der Waals surface area contributed by atoms with E-state index in [1.165, 1.54) is 15.3 Å². The lowest BCUT2D eigenvalue weighted by Gasteiger charge is -2.16. The van der Waals surface area contributed by atoms with Gasteiger partial charge in [0, 0.05) is 10.0 Å². The van der Waals surface area contributed by atoms with Crippen LogP contribution >= 0.6 is 35.4 Å². The Morgan fingerprint density at radius 3 is 1.94 bits per heavy atom. The smallest absolute Gasteiger partial charge is 0.271 e. The summed E-state index contributed by atoms with van der Waals surface area (Å²) in [7, 11) is 0. The van der Waals surface area contributed by atoms with Crippen LogP contribution in [0.1, 0.15) is 5.56 Å². The summed E-state index contributed by atoms with van der Waals surface area (Å²) in [5.41, 5.74) is 4.02. The van der Waals surface area contributed by atoms with Crippen molar-refractivity contribution in [2.75, 3.05) is 5.43 Å². The van der Waals surface area contributed by atoms with Crippen molar-refractivity contribution in [3.05, 3.63) is 110 Å². The van der Waals surface area contributed by atoms with Gasteiger partial charge in [-0.2, -0.15) is 5.10 Å². The van der Waals surface area contributed by atoms with E-state index >= 15 is 0 Å². The van der Waals surface area contributed by atoms with Crippen molar-refractivity contribution in [3.8, 4) is 17.3 Å². The first-order valence-electron chi connectivity index (χ1n) is 9.43. The highest BCUT2D eigenvalue weighted by atomic mass is 35.5. The van der Waals surface area contributed by atoms with Crippen molar-refractivity contribution in [3.63, 3.8) is 0 Å². The van der Waals surface area contributed by atoms with Gasteiger partial charge in [0.15, 0.2) is 4.77 Å². The second-order valence-electron chi connectivity index (χ2n) is 6.68. The lowest BCUT2D eigenvalue weighted by molar-refractivity contribution is 0.430. The molecule has 0 aliphatic rings. The van der Waals surface area contributed by atoms with Gasteiger partial charge in [0.2, 0.25) is 5.88 Å². The van der Waals surface area contributed by atoms with Crippen LogP contribution < -0.4 is 11.0 Å². The Morgan fingerprint density at radius 1 is 0.844 bits per heavy atom. The molecule has 0 atom stereocenters. The average molecular weight is 483 g/mol. The third-order valence-electron chi connectivity index (χ3n) is 4.60. The first-order chi connectivity index (χ1) is 15.5. The van der Waals surface area contributed by atoms with E-state index in [2.05, 4.69) is 10.5 Å². The third kappa shape index (κ3) is 4.45. The summed E-state index contributed by atoms with van der Waals surface area (Å²) in [6.07, 6.45) is 1.26. The van der Waals surface area contributed by atoms with Gasteiger partial charge in [-0.05, 0) is 72.9 Å². The summed E-state index contributed by atoms with van der Waals surface area (Å²) < 4.78 is 2.76. The lowest BCUT2D eigenvalue weighted by atomic mass is 10.2. The normalized spacial score (nSPS) is 11.1. The molecule has 0 radical (unpaired) electrons. The molecular weight excluding hydrogens is 467 g/mol. The molecule has 0 amide bonds. The Morgan fingerprint density at radius 2 is 1.38 bits per heavy atom. The SMILES string of the molecule is O=c1c(/C=N/Nc2ccccc2)c(O)n(-c2ccc(Cl)cc2)c(=S)n1-c1ccc(Cl)cc1. The number of hydrazone groups is 1. The van der Waals surface area contributed by atoms with Gasteiger partial charge < -0.3 is 5.11 Å². The van der Waals surface area contributed by atoms with Crippen molar-refractivity contribution < 1.29 is 5.11 Å². The van der Waals surface area contributed by atoms with E-state index in [1.807, 2.05) is 30.3 Å². The van der Waals surface area contributed by atoms with Crippen molar-refractivity contribution in [1.82, 2.24) is 9.13 Å². The van der Waals surface area contributed by atoms with Crippen molar-refractivity contribution >= 4 is 47.3 Å². The number of nitrogens with zero attached hydrogens (tertiary/aromatic N) is 3. The molecule has 0 bridgehead atoms. The summed E-state index contributed by atoms with van der Waals surface area (Å²) in [5, 5.41) is 16.2. The van der Waals surface area contributed by atoms with E-state index in [4.69, 9.17) is 35.4 Å². The number of nitrogens with one attached hydrogen (secondary N) is 1. The maximum absolute atomic E-state index is 13.3. The molecular formula is C23H16Cl2N4O2S. The predicted octanol–water partition coefficient (Wildman–Crippen LogP) is 5.82. The molecule has 1 aromatic heterocycles. The first kappa shape index (κ1) is 21.8. The molecule has 9 heteroatoms. The Hall–Kier alpha value is -3.39. The Bertz CT molecular complexity index is 1400. The molecule has 0 fully saturated rings. The van der Waals surface area contributed by atoms with Crippen LogP contribution in [0.25, 0.3) is 11.4 Å². The van der Waals surface area contributed by atoms with Crippen LogP contribution in [-0.2, 0) is 0 Å². The molecule has 1 heterocycles. The molecule has 0 saturated carbocycles. The minimum atomic E-state index is -0.529. The average Bonchev–Trinajstić information content (AvgIpc) is 2.79. The quantitative estimate of drug-likeness (QED) is 0.213. The Labute approximate surface area is 198 Å². The zero-order chi connectivity index (χ0) is 22.7. The molecule has 4 aromatic rings. The lowest BCUT2D eigenvalue weighted by Crippen LogP contribution is -2.27. The minimum Gasteiger partial charge on any atom is -0.494 e. The van der Waals surface area contributed by atoms with Crippen LogP contribution in [0.15, 0.2) is 88.8 Å². The zero-order valence-corrected chi connectivity index (χ0v) is 18.8. The van der Waals surface area contributed by atoms with E-state index in [0.29, 0.717) is 21.4 Å². The number of benzene rings is 3. The summed E-state index contributed by atoms with van der Waals surface area (Å²) in [6, 6.07) is 22.6. The number of halogens is 2. The number of hydrogen-bond donors (Lipinski definition) is 2. The van der Waals surface area contributed by atoms with Gasteiger partial charge in [0.25, 0.3) is 5.56 Å². The molecule has 4 rings (SSSR count). The third-order valence-corrected chi connectivity index (χ3v) is 5.47. The zero-order valence-electron chi connectivity index (χ0n) is 16.4. The molecule has 0 saturated heterocycles. The highest BCUT2D eigenvalue weighted by Gasteiger charge is 2.18. The Kier molecular flexibility index (Phi) is 6.41. The van der Waals surface area contributed by atoms with E-state index in [9.17, 15) is 9.90 Å². The van der Waals surface area contributed by atoms with Crippen molar-refractivity contribution in [2.45, 2.75) is 0 Å². The Balaban J connectivity index is 1.92. The van der Waals surface area contributed by atoms with Crippen LogP contribution in [0.3, 0.4) is 0 Å². The van der Waals surface area contributed by atoms with E-state index in [1.54, 1.807) is 48.5 Å². The van der Waals surface area contributed by atoms with E-state index in [0.717, 1.165) is 5.69 Å². The molecule has 160 valence electrons. The molecule has 6 nitrogen and oxygen atoms in total. The minimum absolute atomic E-state index is 0.0491. The molecule has 32 heavy (non-hydrogen) atoms. The van der Waals surface area contributed by atoms with Crippen LogP contribution in [0, 0.1) is 4.77 Å². The number of para-hydroxylation sites is 1. The topological polar surface area (TPSA) is 71.6 Å². The molecule has 0 aliphatic heterocycles. The standard InChI is InChI=1S/C23H16Cl2N4O2S/c24-15-6-10-18(11-7-15)28-21(30)20(14-26-27-17-4-2-1-3-5-17)22(31)29(23(28)32)19-12-8-16(25)9-13-19/h1-14,27,30H/b26-14+. The predicted molar refractivity (Wildman–Crippen MR) is 132 cm³/mol.